The molecule has 8 fully saturated rings. The van der Waals surface area contributed by atoms with Crippen molar-refractivity contribution in [3.05, 3.63) is 0 Å². The fraction of sp³-hybridized carbons (Fsp3) is 0.950. The second kappa shape index (κ2) is 46.8. The number of aliphatic hydroxyl groups excluding tert-OH is 18. The summed E-state index contributed by atoms with van der Waals surface area (Å²) < 4.78 is 56.8. The zero-order valence-corrected chi connectivity index (χ0v) is 67.5. The van der Waals surface area contributed by atoms with Crippen molar-refractivity contribution in [2.24, 2.45) is 130 Å². The van der Waals surface area contributed by atoms with Crippen molar-refractivity contribution in [1.82, 2.24) is 5.32 Å². The molecular formula is C80H141NO32. The SMILES string of the molecule is CCC1CC(C)C(COCC2CC(CO)C(COCC3CC(C(=O)OC)C(COCC4CC(CC(C)=O)C(O)C(OC)C4NCC=O)C(O)C3O)C(O)C2O)C(O)C1O.CCC1CC(C)C(COCC2CC(CO)C(COCC3CC(C(=O)OC)C(COCC4CC(CO)C(O)C(OC)C4O)C(O)C3O)C(O)C2O)C(O)C1O. The number of hydrogen-bond acceptors (Lipinski definition) is 33. The first-order valence-corrected chi connectivity index (χ1v) is 41.2. The third kappa shape index (κ3) is 24.3. The quantitative estimate of drug-likeness (QED) is 0.0212. The van der Waals surface area contributed by atoms with Crippen LogP contribution >= 0.6 is 0 Å². The molecule has 0 amide bonds. The van der Waals surface area contributed by atoms with E-state index in [1.807, 2.05) is 27.7 Å². The van der Waals surface area contributed by atoms with E-state index in [4.69, 9.17) is 47.4 Å². The molecule has 19 N–H and O–H groups in total. The number of aliphatic hydroxyl groups is 18. The van der Waals surface area contributed by atoms with Crippen molar-refractivity contribution in [2.45, 2.75) is 215 Å². The van der Waals surface area contributed by atoms with Crippen LogP contribution in [0.4, 0.5) is 0 Å². The van der Waals surface area contributed by atoms with Gasteiger partial charge in [0.2, 0.25) is 0 Å². The summed E-state index contributed by atoms with van der Waals surface area (Å²) in [6.07, 6.45) is -13.1. The van der Waals surface area contributed by atoms with Gasteiger partial charge in [-0.3, -0.25) is 9.59 Å². The Morgan fingerprint density at radius 3 is 0.973 bits per heavy atom. The third-order valence-electron chi connectivity index (χ3n) is 27.7. The lowest BCUT2D eigenvalue weighted by atomic mass is 9.70. The zero-order valence-electron chi connectivity index (χ0n) is 67.5. The highest BCUT2D eigenvalue weighted by molar-refractivity contribution is 5.76. The number of methoxy groups -OCH3 is 4. The van der Waals surface area contributed by atoms with Crippen LogP contribution in [-0.4, -0.2) is 360 Å². The van der Waals surface area contributed by atoms with E-state index in [2.05, 4.69) is 5.32 Å². The van der Waals surface area contributed by atoms with E-state index in [-0.39, 0.29) is 179 Å². The Hall–Kier alpha value is -2.80. The lowest BCUT2D eigenvalue weighted by molar-refractivity contribution is -0.179. The van der Waals surface area contributed by atoms with Crippen molar-refractivity contribution >= 4 is 24.0 Å². The van der Waals surface area contributed by atoms with Gasteiger partial charge in [0.1, 0.15) is 18.2 Å². The molecule has 33 heteroatoms. The number of Topliss-reactive ketones (excluding diaryl/α,β-unsaturated/α-hetero) is 1. The molecule has 0 heterocycles. The highest BCUT2D eigenvalue weighted by atomic mass is 16.5. The number of ether oxygens (including phenoxy) is 10. The Morgan fingerprint density at radius 1 is 0.336 bits per heavy atom. The van der Waals surface area contributed by atoms with Gasteiger partial charge in [-0.05, 0) is 99.7 Å². The highest BCUT2D eigenvalue weighted by Crippen LogP contribution is 2.45. The molecular weight excluding hydrogens is 1490 g/mol. The molecule has 0 aromatic carbocycles. The van der Waals surface area contributed by atoms with Crippen LogP contribution in [-0.2, 0) is 66.5 Å². The van der Waals surface area contributed by atoms with Gasteiger partial charge in [0.05, 0.1) is 210 Å². The Bertz CT molecular complexity index is 2770. The van der Waals surface area contributed by atoms with Crippen LogP contribution in [0.5, 0.6) is 0 Å². The summed E-state index contributed by atoms with van der Waals surface area (Å²) in [4.78, 5) is 49.2. The number of carbonyl (C=O) groups is 4. The summed E-state index contributed by atoms with van der Waals surface area (Å²) in [6.45, 7) is 8.64. The van der Waals surface area contributed by atoms with Crippen LogP contribution in [0, 0.1) is 130 Å². The van der Waals surface area contributed by atoms with Crippen LogP contribution < -0.4 is 5.32 Å². The van der Waals surface area contributed by atoms with Gasteiger partial charge in [0, 0.05) is 123 Å². The largest absolute Gasteiger partial charge is 0.469 e. The number of carbonyl (C=O) groups excluding carboxylic acids is 4. The monoisotopic (exact) mass is 1630 g/mol. The number of hydrogen-bond donors (Lipinski definition) is 19. The van der Waals surface area contributed by atoms with Gasteiger partial charge < -0.3 is 154 Å². The number of ketones is 1. The number of rotatable bonds is 38. The Kier molecular flexibility index (Phi) is 40.3. The van der Waals surface area contributed by atoms with E-state index in [1.54, 1.807) is 0 Å². The molecule has 0 aromatic heterocycles. The van der Waals surface area contributed by atoms with E-state index in [0.29, 0.717) is 25.5 Å². The summed E-state index contributed by atoms with van der Waals surface area (Å²) in [7, 11) is 5.25. The molecule has 0 saturated heterocycles. The van der Waals surface area contributed by atoms with Crippen LogP contribution in [0.1, 0.15) is 105 Å². The Labute approximate surface area is 664 Å². The molecule has 40 atom stereocenters. The Morgan fingerprint density at radius 2 is 0.628 bits per heavy atom. The van der Waals surface area contributed by atoms with Gasteiger partial charge in [-0.25, -0.2) is 0 Å². The molecule has 8 saturated carbocycles. The normalized spacial score (nSPS) is 44.4. The van der Waals surface area contributed by atoms with Crippen LogP contribution in [0.15, 0.2) is 0 Å². The van der Waals surface area contributed by atoms with Crippen LogP contribution in [0.3, 0.4) is 0 Å². The standard InChI is InChI=1S/C42H73NO16.C38H68O16/c1-6-23-9-21(2)30(38(51)34(23)47)18-58-16-27-12-25(14-45)31(39(52)35(27)48)19-59-17-28-13-29(42(54)56-5)32(40(53)36(28)49)20-57-15-26-11-24(10-22(3)46)37(50)41(55-4)33(26)43-7-8-44;1-5-19-6-18(2)26(34(46)29(19)41)15-52-12-22-7-20(10-39)27(35(47)30(22)42)16-53-14-24-9-25(38(49)51-4)28(36(48)31(24)43)17-54-13-23-8-21(11-40)32(44)37(50-3)33(23)45/h8,21,23-41,43,45,47-53H,6-7,9-20H2,1-5H3;18-37,39-48H,5-17H2,1-4H3. The number of esters is 2. The maximum Gasteiger partial charge on any atom is 0.309 e. The average molecular weight is 1630 g/mol. The maximum absolute atomic E-state index is 13.1. The van der Waals surface area contributed by atoms with Crippen LogP contribution in [0.25, 0.3) is 0 Å². The summed E-state index contributed by atoms with van der Waals surface area (Å²) in [5.74, 6) is -11.3. The molecule has 33 nitrogen and oxygen atoms in total. The predicted molar refractivity (Wildman–Crippen MR) is 401 cm³/mol. The molecule has 0 aromatic rings. The lowest BCUT2D eigenvalue weighted by Crippen LogP contribution is -2.59. The topological polar surface area (TPSA) is 537 Å². The number of aldehydes is 1. The summed E-state index contributed by atoms with van der Waals surface area (Å²) >= 11 is 0. The molecule has 8 rings (SSSR count). The van der Waals surface area contributed by atoms with Gasteiger partial charge in [0.15, 0.2) is 0 Å². The summed E-state index contributed by atoms with van der Waals surface area (Å²) in [5, 5.41) is 197. The lowest BCUT2D eigenvalue weighted by Gasteiger charge is -2.45. The minimum Gasteiger partial charge on any atom is -0.469 e. The van der Waals surface area contributed by atoms with E-state index in [0.717, 1.165) is 25.7 Å². The molecule has 0 radical (unpaired) electrons. The fourth-order valence-corrected chi connectivity index (χ4v) is 20.4. The van der Waals surface area contributed by atoms with Gasteiger partial charge in [-0.2, -0.15) is 0 Å². The minimum atomic E-state index is -1.40. The summed E-state index contributed by atoms with van der Waals surface area (Å²) in [5.41, 5.74) is 0. The van der Waals surface area contributed by atoms with Gasteiger partial charge in [-0.1, -0.05) is 40.5 Å². The average Bonchev–Trinajstić information content (AvgIpc) is 0.796. The van der Waals surface area contributed by atoms with E-state index in [9.17, 15) is 111 Å². The molecule has 658 valence electrons. The van der Waals surface area contributed by atoms with Crippen molar-refractivity contribution < 1.29 is 158 Å². The maximum atomic E-state index is 13.1. The van der Waals surface area contributed by atoms with Crippen molar-refractivity contribution in [2.75, 3.05) is 134 Å². The minimum absolute atomic E-state index is 0.00178. The molecule has 113 heavy (non-hydrogen) atoms. The van der Waals surface area contributed by atoms with Gasteiger partial charge in [0.25, 0.3) is 0 Å². The highest BCUT2D eigenvalue weighted by Gasteiger charge is 2.53. The van der Waals surface area contributed by atoms with Crippen molar-refractivity contribution in [3.63, 3.8) is 0 Å². The van der Waals surface area contributed by atoms with E-state index in [1.165, 1.54) is 35.4 Å². The molecule has 0 aliphatic heterocycles. The molecule has 40 unspecified atom stereocenters. The van der Waals surface area contributed by atoms with Crippen LogP contribution in [0.2, 0.25) is 0 Å². The van der Waals surface area contributed by atoms with E-state index >= 15 is 0 Å². The van der Waals surface area contributed by atoms with Crippen molar-refractivity contribution in [1.29, 1.82) is 0 Å². The van der Waals surface area contributed by atoms with Gasteiger partial charge >= 0.3 is 11.9 Å². The smallest absolute Gasteiger partial charge is 0.309 e. The Balaban J connectivity index is 0.000000314. The molecule has 8 aliphatic rings. The summed E-state index contributed by atoms with van der Waals surface area (Å²) in [6, 6.07) is -0.494. The molecule has 8 aliphatic carbocycles. The predicted octanol–water partition coefficient (Wildman–Crippen LogP) is -3.38. The first-order chi connectivity index (χ1) is 53.9. The third-order valence-corrected chi connectivity index (χ3v) is 27.7. The second-order valence-corrected chi connectivity index (χ2v) is 34.6. The van der Waals surface area contributed by atoms with Gasteiger partial charge in [-0.15, -0.1) is 0 Å². The molecule has 0 spiro atoms. The molecule has 0 bridgehead atoms. The fourth-order valence-electron chi connectivity index (χ4n) is 20.4. The first kappa shape index (κ1) is 97.3. The second-order valence-electron chi connectivity index (χ2n) is 34.6. The number of nitrogens with one attached hydrogen (secondary N) is 1. The first-order valence-electron chi connectivity index (χ1n) is 41.2. The van der Waals surface area contributed by atoms with E-state index < -0.39 is 211 Å². The zero-order chi connectivity index (χ0) is 83.4. The van der Waals surface area contributed by atoms with Crippen molar-refractivity contribution in [3.8, 4) is 0 Å².